The highest BCUT2D eigenvalue weighted by atomic mass is 16.6. The Balaban J connectivity index is 2.00. The Bertz CT molecular complexity index is 843. The summed E-state index contributed by atoms with van der Waals surface area (Å²) in [5.41, 5.74) is -0.236. The van der Waals surface area contributed by atoms with Gasteiger partial charge in [0, 0.05) is 12.3 Å². The SMILES string of the molecule is CCC[C@@H](OC(=O)[C@H](C)NC(=O)c1nccc(OC)c1O)[C@H](C)Oc1ccccc1. The molecule has 0 unspecified atom stereocenters. The number of hydrogen-bond acceptors (Lipinski definition) is 7. The van der Waals surface area contributed by atoms with Crippen molar-refractivity contribution in [3.63, 3.8) is 0 Å². The summed E-state index contributed by atoms with van der Waals surface area (Å²) in [7, 11) is 1.36. The summed E-state index contributed by atoms with van der Waals surface area (Å²) < 4.78 is 16.5. The molecule has 0 aliphatic carbocycles. The molecule has 162 valence electrons. The van der Waals surface area contributed by atoms with Crippen LogP contribution in [0.1, 0.15) is 44.1 Å². The molecule has 2 aromatic rings. The number of pyridine rings is 1. The van der Waals surface area contributed by atoms with Gasteiger partial charge in [0.2, 0.25) is 0 Å². The molecule has 0 radical (unpaired) electrons. The van der Waals surface area contributed by atoms with Gasteiger partial charge in [-0.1, -0.05) is 31.5 Å². The third-order valence-electron chi connectivity index (χ3n) is 4.45. The summed E-state index contributed by atoms with van der Waals surface area (Å²) >= 11 is 0. The van der Waals surface area contributed by atoms with Crippen LogP contribution in [0.15, 0.2) is 42.6 Å². The number of para-hydroxylation sites is 1. The second kappa shape index (κ2) is 11.0. The van der Waals surface area contributed by atoms with E-state index in [1.165, 1.54) is 26.3 Å². The fourth-order valence-electron chi connectivity index (χ4n) is 2.81. The number of ether oxygens (including phenoxy) is 3. The minimum Gasteiger partial charge on any atom is -0.503 e. The van der Waals surface area contributed by atoms with Gasteiger partial charge in [0.1, 0.15) is 24.0 Å². The Hall–Kier alpha value is -3.29. The van der Waals surface area contributed by atoms with E-state index in [0.29, 0.717) is 12.2 Å². The van der Waals surface area contributed by atoms with Gasteiger partial charge in [0.05, 0.1) is 7.11 Å². The van der Waals surface area contributed by atoms with Crippen LogP contribution in [0.25, 0.3) is 0 Å². The Morgan fingerprint density at radius 3 is 2.50 bits per heavy atom. The lowest BCUT2D eigenvalue weighted by Gasteiger charge is -2.26. The number of esters is 1. The molecule has 1 amide bonds. The van der Waals surface area contributed by atoms with Crippen LogP contribution < -0.4 is 14.8 Å². The van der Waals surface area contributed by atoms with E-state index in [0.717, 1.165) is 6.42 Å². The van der Waals surface area contributed by atoms with Crippen LogP contribution in [0, 0.1) is 0 Å². The number of aromatic hydroxyl groups is 1. The second-order valence-corrected chi connectivity index (χ2v) is 6.81. The molecule has 0 fully saturated rings. The number of rotatable bonds is 10. The smallest absolute Gasteiger partial charge is 0.328 e. The Kier molecular flexibility index (Phi) is 8.46. The first kappa shape index (κ1) is 23.0. The predicted octanol–water partition coefficient (Wildman–Crippen LogP) is 3.09. The van der Waals surface area contributed by atoms with Crippen LogP contribution in [0.2, 0.25) is 0 Å². The highest BCUT2D eigenvalue weighted by Crippen LogP contribution is 2.27. The summed E-state index contributed by atoms with van der Waals surface area (Å²) in [6.07, 6.45) is 1.88. The highest BCUT2D eigenvalue weighted by Gasteiger charge is 2.27. The predicted molar refractivity (Wildman–Crippen MR) is 111 cm³/mol. The van der Waals surface area contributed by atoms with Gasteiger partial charge in [-0.15, -0.1) is 0 Å². The molecule has 2 N–H and O–H groups in total. The quantitative estimate of drug-likeness (QED) is 0.573. The normalized spacial score (nSPS) is 13.6. The van der Waals surface area contributed by atoms with Crippen molar-refractivity contribution in [2.75, 3.05) is 7.11 Å². The molecule has 1 heterocycles. The number of carbonyl (C=O) groups is 2. The minimum absolute atomic E-state index is 0.111. The van der Waals surface area contributed by atoms with Crippen molar-refractivity contribution in [1.82, 2.24) is 10.3 Å². The summed E-state index contributed by atoms with van der Waals surface area (Å²) in [6.45, 7) is 5.32. The molecule has 0 spiro atoms. The number of aromatic nitrogens is 1. The molecule has 8 nitrogen and oxygen atoms in total. The van der Waals surface area contributed by atoms with E-state index >= 15 is 0 Å². The molecule has 0 bridgehead atoms. The minimum atomic E-state index is -0.951. The lowest BCUT2D eigenvalue weighted by Crippen LogP contribution is -2.43. The van der Waals surface area contributed by atoms with Crippen molar-refractivity contribution < 1.29 is 28.9 Å². The highest BCUT2D eigenvalue weighted by molar-refractivity contribution is 5.97. The van der Waals surface area contributed by atoms with Crippen molar-refractivity contribution >= 4 is 11.9 Å². The molecule has 1 aromatic carbocycles. The molecule has 1 aromatic heterocycles. The van der Waals surface area contributed by atoms with Crippen LogP contribution >= 0.6 is 0 Å². The lowest BCUT2D eigenvalue weighted by atomic mass is 10.1. The number of methoxy groups -OCH3 is 1. The first-order valence-corrected chi connectivity index (χ1v) is 9.82. The number of hydrogen-bond donors (Lipinski definition) is 2. The molecule has 0 aliphatic heterocycles. The second-order valence-electron chi connectivity index (χ2n) is 6.81. The summed E-state index contributed by atoms with van der Waals surface area (Å²) in [6, 6.07) is 9.75. The molecule has 30 heavy (non-hydrogen) atoms. The van der Waals surface area contributed by atoms with E-state index in [-0.39, 0.29) is 17.5 Å². The van der Waals surface area contributed by atoms with Gasteiger partial charge in [0.25, 0.3) is 5.91 Å². The fraction of sp³-hybridized carbons (Fsp3) is 0.409. The maximum Gasteiger partial charge on any atom is 0.328 e. The maximum absolute atomic E-state index is 12.6. The van der Waals surface area contributed by atoms with Crippen molar-refractivity contribution in [3.8, 4) is 17.2 Å². The molecule has 0 saturated carbocycles. The summed E-state index contributed by atoms with van der Waals surface area (Å²) in [5.74, 6) is -0.917. The van der Waals surface area contributed by atoms with Gasteiger partial charge in [-0.05, 0) is 32.4 Å². The Morgan fingerprint density at radius 1 is 1.17 bits per heavy atom. The van der Waals surface area contributed by atoms with Gasteiger partial charge >= 0.3 is 5.97 Å². The van der Waals surface area contributed by atoms with E-state index in [1.807, 2.05) is 44.2 Å². The third-order valence-corrected chi connectivity index (χ3v) is 4.45. The van der Waals surface area contributed by atoms with Crippen molar-refractivity contribution in [1.29, 1.82) is 0 Å². The Labute approximate surface area is 176 Å². The lowest BCUT2D eigenvalue weighted by molar-refractivity contribution is -0.155. The molecular formula is C22H28N2O6. The number of nitrogens with zero attached hydrogens (tertiary/aromatic N) is 1. The maximum atomic E-state index is 12.6. The zero-order valence-corrected chi connectivity index (χ0v) is 17.6. The van der Waals surface area contributed by atoms with Gasteiger partial charge in [-0.2, -0.15) is 0 Å². The van der Waals surface area contributed by atoms with E-state index in [9.17, 15) is 14.7 Å². The van der Waals surface area contributed by atoms with E-state index in [4.69, 9.17) is 14.2 Å². The van der Waals surface area contributed by atoms with Gasteiger partial charge in [-0.25, -0.2) is 9.78 Å². The van der Waals surface area contributed by atoms with E-state index < -0.39 is 29.8 Å². The van der Waals surface area contributed by atoms with E-state index in [1.54, 1.807) is 0 Å². The van der Waals surface area contributed by atoms with Crippen LogP contribution in [0.3, 0.4) is 0 Å². The van der Waals surface area contributed by atoms with Crippen molar-refractivity contribution in [2.45, 2.75) is 51.9 Å². The number of benzene rings is 1. The number of amides is 1. The summed E-state index contributed by atoms with van der Waals surface area (Å²) in [5, 5.41) is 12.5. The summed E-state index contributed by atoms with van der Waals surface area (Å²) in [4.78, 5) is 28.8. The molecule has 3 atom stereocenters. The zero-order valence-electron chi connectivity index (χ0n) is 17.6. The van der Waals surface area contributed by atoms with Crippen molar-refractivity contribution in [2.24, 2.45) is 0 Å². The number of carbonyl (C=O) groups excluding carboxylic acids is 2. The molecule has 0 aliphatic rings. The van der Waals surface area contributed by atoms with Crippen LogP contribution in [-0.2, 0) is 9.53 Å². The number of nitrogens with one attached hydrogen (secondary N) is 1. The molecule has 0 saturated heterocycles. The van der Waals surface area contributed by atoms with Gasteiger partial charge in [-0.3, -0.25) is 4.79 Å². The van der Waals surface area contributed by atoms with Gasteiger partial charge in [0.15, 0.2) is 17.2 Å². The topological polar surface area (TPSA) is 107 Å². The van der Waals surface area contributed by atoms with Gasteiger partial charge < -0.3 is 24.6 Å². The molecule has 8 heteroatoms. The first-order chi connectivity index (χ1) is 14.4. The fourth-order valence-corrected chi connectivity index (χ4v) is 2.81. The molecule has 2 rings (SSSR count). The standard InChI is InChI=1S/C22H28N2O6/c1-5-9-17(15(3)29-16-10-7-6-8-11-16)30-22(27)14(2)24-21(26)19-20(25)18(28-4)12-13-23-19/h6-8,10-15,17,25H,5,9H2,1-4H3,(H,24,26)/t14-,15-,17+/m0/s1. The van der Waals surface area contributed by atoms with Crippen LogP contribution in [-0.4, -0.2) is 47.3 Å². The van der Waals surface area contributed by atoms with Crippen molar-refractivity contribution in [3.05, 3.63) is 48.3 Å². The average molecular weight is 416 g/mol. The first-order valence-electron chi connectivity index (χ1n) is 9.82. The Morgan fingerprint density at radius 2 is 1.87 bits per heavy atom. The van der Waals surface area contributed by atoms with E-state index in [2.05, 4.69) is 10.3 Å². The average Bonchev–Trinajstić information content (AvgIpc) is 2.74. The zero-order chi connectivity index (χ0) is 22.1. The van der Waals surface area contributed by atoms with Crippen LogP contribution in [0.5, 0.6) is 17.2 Å². The molecular weight excluding hydrogens is 388 g/mol. The van der Waals surface area contributed by atoms with Crippen LogP contribution in [0.4, 0.5) is 0 Å². The monoisotopic (exact) mass is 416 g/mol. The largest absolute Gasteiger partial charge is 0.503 e. The third kappa shape index (κ3) is 6.10.